The number of hydrogen-bond acceptors (Lipinski definition) is 4. The Morgan fingerprint density at radius 2 is 1.55 bits per heavy atom. The Kier molecular flexibility index (Phi) is 6.77. The summed E-state index contributed by atoms with van der Waals surface area (Å²) in [6.07, 6.45) is 3.20. The van der Waals surface area contributed by atoms with Gasteiger partial charge in [0, 0.05) is 43.5 Å². The number of nitrogens with one attached hydrogen (secondary N) is 1. The second-order valence-corrected chi connectivity index (χ2v) is 7.66. The molecule has 2 heterocycles. The fraction of sp³-hybridized carbons (Fsp3) is 0.250. The first-order valence-corrected chi connectivity index (χ1v) is 10.7. The normalized spacial score (nSPS) is 13.6. The average molecular weight is 449 g/mol. The molecule has 0 aliphatic carbocycles. The fourth-order valence-electron chi connectivity index (χ4n) is 3.73. The van der Waals surface area contributed by atoms with Gasteiger partial charge in [0.25, 0.3) is 5.91 Å². The zero-order valence-electron chi connectivity index (χ0n) is 18.0. The van der Waals surface area contributed by atoms with Gasteiger partial charge in [0.05, 0.1) is 12.7 Å². The van der Waals surface area contributed by atoms with Crippen LogP contribution < -0.4 is 5.32 Å². The standard InChI is InChI=1S/C24H24FN5O3/c25-14-19-8-4-5-9-21(19)23(32)29-12-10-28(11-13-29)22(31)16-26-24(33)30-17-20(15-27-30)18-6-2-1-3-7-18/h1-9,15,17H,10-14,16H2,(H,26,33). The van der Waals surface area contributed by atoms with Gasteiger partial charge < -0.3 is 15.1 Å². The number of carbonyl (C=O) groups excluding carboxylic acids is 3. The molecule has 8 nitrogen and oxygen atoms in total. The third-order valence-corrected chi connectivity index (χ3v) is 5.60. The highest BCUT2D eigenvalue weighted by atomic mass is 19.1. The number of nitrogens with zero attached hydrogens (tertiary/aromatic N) is 4. The van der Waals surface area contributed by atoms with E-state index in [0.717, 1.165) is 15.8 Å². The predicted molar refractivity (Wildman–Crippen MR) is 120 cm³/mol. The average Bonchev–Trinajstić information content (AvgIpc) is 3.38. The predicted octanol–water partition coefficient (Wildman–Crippen LogP) is 2.56. The Balaban J connectivity index is 1.27. The molecule has 170 valence electrons. The van der Waals surface area contributed by atoms with Crippen molar-refractivity contribution in [1.29, 1.82) is 0 Å². The summed E-state index contributed by atoms with van der Waals surface area (Å²) in [5, 5.41) is 6.65. The first-order chi connectivity index (χ1) is 16.1. The second-order valence-electron chi connectivity index (χ2n) is 7.66. The Morgan fingerprint density at radius 1 is 0.879 bits per heavy atom. The van der Waals surface area contributed by atoms with Crippen LogP contribution in [0.5, 0.6) is 0 Å². The molecular formula is C24H24FN5O3. The molecule has 1 aromatic heterocycles. The van der Waals surface area contributed by atoms with Gasteiger partial charge in [-0.2, -0.15) is 9.78 Å². The smallest absolute Gasteiger partial charge is 0.338 e. The van der Waals surface area contributed by atoms with Crippen molar-refractivity contribution in [2.45, 2.75) is 6.67 Å². The number of piperazine rings is 1. The molecule has 4 rings (SSSR count). The van der Waals surface area contributed by atoms with Gasteiger partial charge in [0.15, 0.2) is 0 Å². The minimum atomic E-state index is -0.705. The van der Waals surface area contributed by atoms with Crippen molar-refractivity contribution in [1.82, 2.24) is 24.9 Å². The molecular weight excluding hydrogens is 425 g/mol. The van der Waals surface area contributed by atoms with Crippen molar-refractivity contribution in [3.05, 3.63) is 78.1 Å². The third kappa shape index (κ3) is 5.08. The van der Waals surface area contributed by atoms with Gasteiger partial charge in [0.2, 0.25) is 5.91 Å². The van der Waals surface area contributed by atoms with Crippen molar-refractivity contribution in [2.75, 3.05) is 32.7 Å². The lowest BCUT2D eigenvalue weighted by Gasteiger charge is -2.35. The van der Waals surface area contributed by atoms with Crippen molar-refractivity contribution in [3.63, 3.8) is 0 Å². The fourth-order valence-corrected chi connectivity index (χ4v) is 3.73. The van der Waals surface area contributed by atoms with Crippen LogP contribution in [0.4, 0.5) is 9.18 Å². The zero-order valence-corrected chi connectivity index (χ0v) is 18.0. The van der Waals surface area contributed by atoms with Crippen LogP contribution in [0.3, 0.4) is 0 Å². The van der Waals surface area contributed by atoms with Crippen molar-refractivity contribution < 1.29 is 18.8 Å². The number of halogens is 1. The van der Waals surface area contributed by atoms with E-state index in [4.69, 9.17) is 0 Å². The molecule has 0 radical (unpaired) electrons. The summed E-state index contributed by atoms with van der Waals surface area (Å²) >= 11 is 0. The maximum Gasteiger partial charge on any atom is 0.342 e. The number of aromatic nitrogens is 2. The molecule has 0 atom stereocenters. The monoisotopic (exact) mass is 449 g/mol. The molecule has 0 saturated carbocycles. The van der Waals surface area contributed by atoms with Gasteiger partial charge in [-0.1, -0.05) is 48.5 Å². The molecule has 9 heteroatoms. The second kappa shape index (κ2) is 10.1. The topological polar surface area (TPSA) is 87.5 Å². The van der Waals surface area contributed by atoms with Crippen molar-refractivity contribution in [2.24, 2.45) is 0 Å². The van der Waals surface area contributed by atoms with E-state index in [9.17, 15) is 18.8 Å². The summed E-state index contributed by atoms with van der Waals surface area (Å²) < 4.78 is 14.3. The minimum Gasteiger partial charge on any atom is -0.338 e. The molecule has 1 fully saturated rings. The van der Waals surface area contributed by atoms with E-state index in [1.807, 2.05) is 30.3 Å². The number of hydrogen-bond donors (Lipinski definition) is 1. The molecule has 0 bridgehead atoms. The molecule has 1 aliphatic rings. The highest BCUT2D eigenvalue weighted by Crippen LogP contribution is 2.17. The zero-order chi connectivity index (χ0) is 23.2. The third-order valence-electron chi connectivity index (χ3n) is 5.60. The van der Waals surface area contributed by atoms with Gasteiger partial charge in [-0.3, -0.25) is 9.59 Å². The molecule has 33 heavy (non-hydrogen) atoms. The molecule has 0 unspecified atom stereocenters. The highest BCUT2D eigenvalue weighted by molar-refractivity contribution is 5.96. The molecule has 3 aromatic rings. The van der Waals surface area contributed by atoms with Gasteiger partial charge in [-0.05, 0) is 17.2 Å². The summed E-state index contributed by atoms with van der Waals surface area (Å²) in [6.45, 7) is 0.509. The van der Waals surface area contributed by atoms with Gasteiger partial charge >= 0.3 is 6.03 Å². The van der Waals surface area contributed by atoms with E-state index < -0.39 is 12.7 Å². The lowest BCUT2D eigenvalue weighted by molar-refractivity contribution is -0.131. The van der Waals surface area contributed by atoms with Crippen LogP contribution in [0.2, 0.25) is 0 Å². The molecule has 3 amide bonds. The van der Waals surface area contributed by atoms with Crippen LogP contribution in [0, 0.1) is 0 Å². The number of benzene rings is 2. The Labute approximate surface area is 190 Å². The van der Waals surface area contributed by atoms with E-state index in [0.29, 0.717) is 37.3 Å². The summed E-state index contributed by atoms with van der Waals surface area (Å²) in [6, 6.07) is 15.7. The largest absolute Gasteiger partial charge is 0.342 e. The van der Waals surface area contributed by atoms with Gasteiger partial charge in [0.1, 0.15) is 6.67 Å². The Morgan fingerprint density at radius 3 is 2.27 bits per heavy atom. The summed E-state index contributed by atoms with van der Waals surface area (Å²) in [5.41, 5.74) is 2.44. The first kappa shape index (κ1) is 22.2. The summed E-state index contributed by atoms with van der Waals surface area (Å²) in [4.78, 5) is 40.8. The molecule has 0 spiro atoms. The number of rotatable bonds is 5. The van der Waals surface area contributed by atoms with Crippen LogP contribution in [0.1, 0.15) is 15.9 Å². The number of alkyl halides is 1. The summed E-state index contributed by atoms with van der Waals surface area (Å²) in [7, 11) is 0. The maximum atomic E-state index is 13.2. The van der Waals surface area contributed by atoms with Crippen LogP contribution in [-0.2, 0) is 11.5 Å². The SMILES string of the molecule is O=C(CNC(=O)n1cc(-c2ccccc2)cn1)N1CCN(C(=O)c2ccccc2CF)CC1. The molecule has 1 saturated heterocycles. The van der Waals surface area contributed by atoms with Crippen LogP contribution >= 0.6 is 0 Å². The lowest BCUT2D eigenvalue weighted by Crippen LogP contribution is -2.52. The van der Waals surface area contributed by atoms with E-state index in [2.05, 4.69) is 10.4 Å². The van der Waals surface area contributed by atoms with Crippen LogP contribution in [0.25, 0.3) is 11.1 Å². The number of carbonyl (C=O) groups is 3. The molecule has 1 aliphatic heterocycles. The van der Waals surface area contributed by atoms with Crippen LogP contribution in [0.15, 0.2) is 67.0 Å². The van der Waals surface area contributed by atoms with E-state index in [-0.39, 0.29) is 18.4 Å². The quantitative estimate of drug-likeness (QED) is 0.649. The minimum absolute atomic E-state index is 0.169. The Bertz CT molecular complexity index is 1140. The summed E-state index contributed by atoms with van der Waals surface area (Å²) in [5.74, 6) is -0.480. The highest BCUT2D eigenvalue weighted by Gasteiger charge is 2.26. The number of amides is 3. The van der Waals surface area contributed by atoms with Crippen molar-refractivity contribution in [3.8, 4) is 11.1 Å². The molecule has 1 N–H and O–H groups in total. The van der Waals surface area contributed by atoms with Gasteiger partial charge in [-0.25, -0.2) is 9.18 Å². The van der Waals surface area contributed by atoms with Gasteiger partial charge in [-0.15, -0.1) is 0 Å². The Hall–Kier alpha value is -4.01. The van der Waals surface area contributed by atoms with Crippen molar-refractivity contribution >= 4 is 17.8 Å². The first-order valence-electron chi connectivity index (χ1n) is 10.7. The molecule has 2 aromatic carbocycles. The van der Waals surface area contributed by atoms with E-state index in [1.54, 1.807) is 46.5 Å². The van der Waals surface area contributed by atoms with E-state index >= 15 is 0 Å². The maximum absolute atomic E-state index is 13.2. The lowest BCUT2D eigenvalue weighted by atomic mass is 10.1. The van der Waals surface area contributed by atoms with E-state index in [1.165, 1.54) is 0 Å². The van der Waals surface area contributed by atoms with Crippen LogP contribution in [-0.4, -0.2) is 70.1 Å².